The van der Waals surface area contributed by atoms with E-state index in [2.05, 4.69) is 5.32 Å². The molecule has 0 fully saturated rings. The molecule has 0 aliphatic rings. The minimum Gasteiger partial charge on any atom is -0.497 e. The number of carbonyl (C=O) groups excluding carboxylic acids is 1. The molecule has 24 heavy (non-hydrogen) atoms. The molecule has 2 aromatic rings. The lowest BCUT2D eigenvalue weighted by atomic mass is 10.1. The number of nitro groups is 1. The van der Waals surface area contributed by atoms with Crippen molar-refractivity contribution in [1.29, 1.82) is 0 Å². The van der Waals surface area contributed by atoms with E-state index in [4.69, 9.17) is 9.47 Å². The molecule has 0 bridgehead atoms. The fourth-order valence-electron chi connectivity index (χ4n) is 2.05. The Morgan fingerprint density at radius 1 is 1.17 bits per heavy atom. The quantitative estimate of drug-likeness (QED) is 0.499. The van der Waals surface area contributed by atoms with Crippen LogP contribution in [0.1, 0.15) is 5.56 Å². The van der Waals surface area contributed by atoms with Gasteiger partial charge in [-0.2, -0.15) is 0 Å². The lowest BCUT2D eigenvalue weighted by molar-refractivity contribution is -0.385. The van der Waals surface area contributed by atoms with Gasteiger partial charge in [0.25, 0.3) is 5.69 Å². The standard InChI is InChI=1S/C17H16N2O5/c1-23-13-8-9-16(24-2)14(11-13)18-17(20)10-7-12-5-3-4-6-15(12)19(21)22/h3-11H,1-2H3,(H,18,20)/b10-7-. The molecule has 0 spiro atoms. The third-order valence-corrected chi connectivity index (χ3v) is 3.21. The number of nitrogens with one attached hydrogen (secondary N) is 1. The van der Waals surface area contributed by atoms with E-state index in [-0.39, 0.29) is 5.69 Å². The van der Waals surface area contributed by atoms with Gasteiger partial charge < -0.3 is 14.8 Å². The van der Waals surface area contributed by atoms with Gasteiger partial charge in [0, 0.05) is 18.2 Å². The topological polar surface area (TPSA) is 90.7 Å². The van der Waals surface area contributed by atoms with Gasteiger partial charge in [-0.25, -0.2) is 0 Å². The Kier molecular flexibility index (Phi) is 5.51. The molecule has 1 amide bonds. The summed E-state index contributed by atoms with van der Waals surface area (Å²) in [4.78, 5) is 22.5. The molecule has 124 valence electrons. The Labute approximate surface area is 138 Å². The summed E-state index contributed by atoms with van der Waals surface area (Å²) in [5.74, 6) is 0.594. The van der Waals surface area contributed by atoms with Gasteiger partial charge in [0.15, 0.2) is 0 Å². The van der Waals surface area contributed by atoms with E-state index in [1.54, 1.807) is 36.4 Å². The number of para-hydroxylation sites is 1. The molecule has 7 nitrogen and oxygen atoms in total. The zero-order valence-corrected chi connectivity index (χ0v) is 13.2. The molecule has 0 aliphatic heterocycles. The maximum atomic E-state index is 12.1. The summed E-state index contributed by atoms with van der Waals surface area (Å²) in [6, 6.07) is 11.2. The summed E-state index contributed by atoms with van der Waals surface area (Å²) in [6.45, 7) is 0. The summed E-state index contributed by atoms with van der Waals surface area (Å²) in [5.41, 5.74) is 0.713. The second kappa shape index (κ2) is 7.77. The summed E-state index contributed by atoms with van der Waals surface area (Å²) in [7, 11) is 3.00. The largest absolute Gasteiger partial charge is 0.497 e. The molecule has 2 rings (SSSR count). The highest BCUT2D eigenvalue weighted by molar-refractivity contribution is 6.03. The molecule has 1 N–H and O–H groups in total. The number of hydrogen-bond donors (Lipinski definition) is 1. The van der Waals surface area contributed by atoms with Gasteiger partial charge in [-0.3, -0.25) is 14.9 Å². The highest BCUT2D eigenvalue weighted by atomic mass is 16.6. The number of nitrogens with zero attached hydrogens (tertiary/aromatic N) is 1. The first-order valence-corrected chi connectivity index (χ1v) is 6.99. The monoisotopic (exact) mass is 328 g/mol. The lowest BCUT2D eigenvalue weighted by Gasteiger charge is -2.10. The lowest BCUT2D eigenvalue weighted by Crippen LogP contribution is -2.09. The van der Waals surface area contributed by atoms with Crippen molar-refractivity contribution < 1.29 is 19.2 Å². The third kappa shape index (κ3) is 4.10. The highest BCUT2D eigenvalue weighted by Gasteiger charge is 2.11. The van der Waals surface area contributed by atoms with Crippen molar-refractivity contribution in [2.45, 2.75) is 0 Å². The van der Waals surface area contributed by atoms with Crippen LogP contribution in [-0.4, -0.2) is 25.1 Å². The number of anilines is 1. The molecule has 7 heteroatoms. The Morgan fingerprint density at radius 2 is 1.92 bits per heavy atom. The van der Waals surface area contributed by atoms with Crippen LogP contribution in [0.3, 0.4) is 0 Å². The van der Waals surface area contributed by atoms with Crippen LogP contribution in [0.4, 0.5) is 11.4 Å². The van der Waals surface area contributed by atoms with Gasteiger partial charge in [-0.15, -0.1) is 0 Å². The number of hydrogen-bond acceptors (Lipinski definition) is 5. The fourth-order valence-corrected chi connectivity index (χ4v) is 2.05. The number of nitro benzene ring substituents is 1. The number of ether oxygens (including phenoxy) is 2. The molecule has 0 saturated carbocycles. The molecule has 0 radical (unpaired) electrons. The van der Waals surface area contributed by atoms with Crippen molar-refractivity contribution in [1.82, 2.24) is 0 Å². The number of methoxy groups -OCH3 is 2. The van der Waals surface area contributed by atoms with Crippen molar-refractivity contribution in [2.24, 2.45) is 0 Å². The smallest absolute Gasteiger partial charge is 0.276 e. The SMILES string of the molecule is COc1ccc(OC)c(NC(=O)/C=C\c2ccccc2[N+](=O)[O-])c1. The molecule has 2 aromatic carbocycles. The number of carbonyl (C=O) groups is 1. The maximum Gasteiger partial charge on any atom is 0.276 e. The van der Waals surface area contributed by atoms with Gasteiger partial charge in [-0.05, 0) is 24.3 Å². The van der Waals surface area contributed by atoms with Crippen LogP contribution >= 0.6 is 0 Å². The Hall–Kier alpha value is -3.35. The summed E-state index contributed by atoms with van der Waals surface area (Å²) in [5, 5.41) is 13.6. The second-order valence-electron chi connectivity index (χ2n) is 4.70. The number of benzene rings is 2. The Morgan fingerprint density at radius 3 is 2.58 bits per heavy atom. The average molecular weight is 328 g/mol. The fraction of sp³-hybridized carbons (Fsp3) is 0.118. The van der Waals surface area contributed by atoms with Crippen LogP contribution in [0.2, 0.25) is 0 Å². The third-order valence-electron chi connectivity index (χ3n) is 3.21. The van der Waals surface area contributed by atoms with Gasteiger partial charge in [-0.1, -0.05) is 12.1 Å². The Balaban J connectivity index is 2.18. The van der Waals surface area contributed by atoms with Crippen LogP contribution in [0.5, 0.6) is 11.5 Å². The molecule has 0 atom stereocenters. The first-order chi connectivity index (χ1) is 11.5. The van der Waals surface area contributed by atoms with Crippen LogP contribution in [-0.2, 0) is 4.79 Å². The molecule has 0 unspecified atom stereocenters. The number of amides is 1. The molecule has 0 heterocycles. The zero-order valence-electron chi connectivity index (χ0n) is 13.2. The normalized spacial score (nSPS) is 10.4. The van der Waals surface area contributed by atoms with E-state index in [9.17, 15) is 14.9 Å². The molecular formula is C17H16N2O5. The Bertz CT molecular complexity index is 786. The van der Waals surface area contributed by atoms with Gasteiger partial charge in [0.05, 0.1) is 30.4 Å². The molecular weight excluding hydrogens is 312 g/mol. The summed E-state index contributed by atoms with van der Waals surface area (Å²) in [6.07, 6.45) is 2.61. The summed E-state index contributed by atoms with van der Waals surface area (Å²) < 4.78 is 10.3. The second-order valence-corrected chi connectivity index (χ2v) is 4.70. The minimum absolute atomic E-state index is 0.0690. The number of rotatable bonds is 6. The van der Waals surface area contributed by atoms with Crippen LogP contribution in [0.15, 0.2) is 48.5 Å². The first-order valence-electron chi connectivity index (χ1n) is 6.99. The van der Waals surface area contributed by atoms with Gasteiger partial charge in [0.2, 0.25) is 5.91 Å². The average Bonchev–Trinajstić information content (AvgIpc) is 2.60. The minimum atomic E-state index is -0.497. The predicted octanol–water partition coefficient (Wildman–Crippen LogP) is 3.26. The van der Waals surface area contributed by atoms with E-state index < -0.39 is 10.8 Å². The van der Waals surface area contributed by atoms with Crippen molar-refractivity contribution in [3.05, 3.63) is 64.2 Å². The molecule has 0 aromatic heterocycles. The maximum absolute atomic E-state index is 12.1. The summed E-state index contributed by atoms with van der Waals surface area (Å²) >= 11 is 0. The van der Waals surface area contributed by atoms with Crippen LogP contribution in [0.25, 0.3) is 6.08 Å². The van der Waals surface area contributed by atoms with Gasteiger partial charge >= 0.3 is 0 Å². The van der Waals surface area contributed by atoms with Crippen LogP contribution < -0.4 is 14.8 Å². The van der Waals surface area contributed by atoms with Crippen molar-refractivity contribution >= 4 is 23.4 Å². The first kappa shape index (κ1) is 17.0. The van der Waals surface area contributed by atoms with Crippen molar-refractivity contribution in [3.63, 3.8) is 0 Å². The molecule has 0 saturated heterocycles. The van der Waals surface area contributed by atoms with Gasteiger partial charge in [0.1, 0.15) is 11.5 Å². The van der Waals surface area contributed by atoms with Crippen LogP contribution in [0, 0.1) is 10.1 Å². The van der Waals surface area contributed by atoms with Crippen molar-refractivity contribution in [2.75, 3.05) is 19.5 Å². The predicted molar refractivity (Wildman–Crippen MR) is 90.3 cm³/mol. The van der Waals surface area contributed by atoms with E-state index in [1.165, 1.54) is 32.4 Å². The van der Waals surface area contributed by atoms with Crippen molar-refractivity contribution in [3.8, 4) is 11.5 Å². The van der Waals surface area contributed by atoms with E-state index in [0.29, 0.717) is 22.7 Å². The highest BCUT2D eigenvalue weighted by Crippen LogP contribution is 2.29. The zero-order chi connectivity index (χ0) is 17.5. The van der Waals surface area contributed by atoms with E-state index in [0.717, 1.165) is 0 Å². The van der Waals surface area contributed by atoms with E-state index in [1.807, 2.05) is 0 Å². The van der Waals surface area contributed by atoms with E-state index >= 15 is 0 Å². The molecule has 0 aliphatic carbocycles.